The van der Waals surface area contributed by atoms with Crippen LogP contribution in [-0.4, -0.2) is 52.0 Å². The van der Waals surface area contributed by atoms with Gasteiger partial charge in [-0.1, -0.05) is 12.1 Å². The van der Waals surface area contributed by atoms with Crippen molar-refractivity contribution in [3.8, 4) is 17.2 Å². The third-order valence-electron chi connectivity index (χ3n) is 5.18. The third-order valence-corrected chi connectivity index (χ3v) is 5.18. The molecule has 1 aliphatic rings. The van der Waals surface area contributed by atoms with E-state index in [-0.39, 0.29) is 12.1 Å². The zero-order valence-corrected chi connectivity index (χ0v) is 17.8. The summed E-state index contributed by atoms with van der Waals surface area (Å²) >= 11 is 0. The summed E-state index contributed by atoms with van der Waals surface area (Å²) in [5.41, 5.74) is 2.17. The second-order valence-corrected chi connectivity index (χ2v) is 7.55. The van der Waals surface area contributed by atoms with Crippen LogP contribution in [0, 0.1) is 0 Å². The fraction of sp³-hybridized carbons (Fsp3) is 0.409. The standard InChI is InChI=1S/C22H27N5O3/c1-15(2)30-17-7-5-16(6-8-17)14-26-11-12-27-22(23-24-25-27)21(26)19-13-18(28-3)9-10-20(19)29-4/h5-10,13,15,21H,11-12,14H2,1-4H3. The lowest BCUT2D eigenvalue weighted by atomic mass is 10.00. The van der Waals surface area contributed by atoms with Crippen molar-refractivity contribution in [1.82, 2.24) is 25.1 Å². The number of rotatable bonds is 7. The van der Waals surface area contributed by atoms with Gasteiger partial charge in [0.15, 0.2) is 5.82 Å². The van der Waals surface area contributed by atoms with E-state index in [4.69, 9.17) is 14.2 Å². The van der Waals surface area contributed by atoms with Crippen LogP contribution >= 0.6 is 0 Å². The fourth-order valence-electron chi connectivity index (χ4n) is 3.82. The molecule has 0 radical (unpaired) electrons. The van der Waals surface area contributed by atoms with E-state index in [1.54, 1.807) is 14.2 Å². The van der Waals surface area contributed by atoms with Crippen LogP contribution in [0.3, 0.4) is 0 Å². The topological polar surface area (TPSA) is 74.5 Å². The summed E-state index contributed by atoms with van der Waals surface area (Å²) in [6.45, 7) is 6.35. The van der Waals surface area contributed by atoms with Crippen LogP contribution in [0.5, 0.6) is 17.2 Å². The van der Waals surface area contributed by atoms with Gasteiger partial charge in [-0.3, -0.25) is 4.90 Å². The van der Waals surface area contributed by atoms with E-state index in [0.29, 0.717) is 0 Å². The predicted octanol–water partition coefficient (Wildman–Crippen LogP) is 3.08. The van der Waals surface area contributed by atoms with Crippen LogP contribution in [0.25, 0.3) is 0 Å². The van der Waals surface area contributed by atoms with E-state index in [0.717, 1.165) is 48.3 Å². The van der Waals surface area contributed by atoms with Gasteiger partial charge in [0.25, 0.3) is 0 Å². The van der Waals surface area contributed by atoms with Crippen molar-refractivity contribution >= 4 is 0 Å². The molecule has 30 heavy (non-hydrogen) atoms. The Morgan fingerprint density at radius 1 is 1.00 bits per heavy atom. The van der Waals surface area contributed by atoms with Crippen molar-refractivity contribution in [2.24, 2.45) is 0 Å². The number of nitrogens with zero attached hydrogens (tertiary/aromatic N) is 5. The zero-order chi connectivity index (χ0) is 21.1. The Labute approximate surface area is 176 Å². The molecule has 2 heterocycles. The van der Waals surface area contributed by atoms with Gasteiger partial charge in [0.2, 0.25) is 0 Å². The molecule has 3 aromatic rings. The molecule has 1 unspecified atom stereocenters. The van der Waals surface area contributed by atoms with Gasteiger partial charge in [0.1, 0.15) is 23.3 Å². The van der Waals surface area contributed by atoms with Gasteiger partial charge in [-0.2, -0.15) is 0 Å². The Bertz CT molecular complexity index is 987. The van der Waals surface area contributed by atoms with E-state index in [1.165, 1.54) is 5.56 Å². The van der Waals surface area contributed by atoms with Crippen molar-refractivity contribution in [3.05, 3.63) is 59.4 Å². The maximum Gasteiger partial charge on any atom is 0.173 e. The van der Waals surface area contributed by atoms with Crippen molar-refractivity contribution in [3.63, 3.8) is 0 Å². The summed E-state index contributed by atoms with van der Waals surface area (Å²) in [4.78, 5) is 2.36. The van der Waals surface area contributed by atoms with Gasteiger partial charge < -0.3 is 14.2 Å². The Kier molecular flexibility index (Phi) is 5.85. The van der Waals surface area contributed by atoms with Gasteiger partial charge in [0, 0.05) is 18.7 Å². The molecule has 0 saturated carbocycles. The highest BCUT2D eigenvalue weighted by Crippen LogP contribution is 2.38. The highest BCUT2D eigenvalue weighted by atomic mass is 16.5. The van der Waals surface area contributed by atoms with Gasteiger partial charge in [0.05, 0.1) is 26.9 Å². The lowest BCUT2D eigenvalue weighted by Gasteiger charge is -2.35. The average Bonchev–Trinajstić information content (AvgIpc) is 3.23. The van der Waals surface area contributed by atoms with Crippen LogP contribution < -0.4 is 14.2 Å². The van der Waals surface area contributed by atoms with E-state index >= 15 is 0 Å². The molecule has 0 bridgehead atoms. The molecule has 8 heteroatoms. The molecule has 4 rings (SSSR count). The summed E-state index contributed by atoms with van der Waals surface area (Å²) in [5, 5.41) is 12.4. The number of fused-ring (bicyclic) bond motifs is 1. The minimum atomic E-state index is -0.148. The average molecular weight is 409 g/mol. The fourth-order valence-corrected chi connectivity index (χ4v) is 3.82. The van der Waals surface area contributed by atoms with E-state index in [2.05, 4.69) is 32.6 Å². The molecule has 8 nitrogen and oxygen atoms in total. The first-order valence-electron chi connectivity index (χ1n) is 10.1. The van der Waals surface area contributed by atoms with Crippen molar-refractivity contribution in [1.29, 1.82) is 0 Å². The van der Waals surface area contributed by atoms with E-state index in [9.17, 15) is 0 Å². The number of ether oxygens (including phenoxy) is 3. The number of hydrogen-bond acceptors (Lipinski definition) is 7. The molecular weight excluding hydrogens is 382 g/mol. The Balaban J connectivity index is 1.67. The Morgan fingerprint density at radius 3 is 2.47 bits per heavy atom. The minimum absolute atomic E-state index is 0.148. The van der Waals surface area contributed by atoms with E-state index in [1.807, 2.05) is 48.9 Å². The lowest BCUT2D eigenvalue weighted by Crippen LogP contribution is -2.39. The van der Waals surface area contributed by atoms with Crippen molar-refractivity contribution in [2.45, 2.75) is 39.1 Å². The molecule has 158 valence electrons. The highest BCUT2D eigenvalue weighted by molar-refractivity contribution is 5.44. The normalized spacial score (nSPS) is 16.4. The summed E-state index contributed by atoms with van der Waals surface area (Å²) in [7, 11) is 3.34. The van der Waals surface area contributed by atoms with Crippen LogP contribution in [-0.2, 0) is 13.1 Å². The highest BCUT2D eigenvalue weighted by Gasteiger charge is 2.34. The van der Waals surface area contributed by atoms with Gasteiger partial charge >= 0.3 is 0 Å². The number of methoxy groups -OCH3 is 2. The SMILES string of the molecule is COc1ccc(OC)c(C2c3nnnn3CCN2Cc2ccc(OC(C)C)cc2)c1. The molecule has 0 fully saturated rings. The zero-order valence-electron chi connectivity index (χ0n) is 17.8. The van der Waals surface area contributed by atoms with Gasteiger partial charge in [-0.05, 0) is 60.2 Å². The van der Waals surface area contributed by atoms with Gasteiger partial charge in [-0.25, -0.2) is 4.68 Å². The third kappa shape index (κ3) is 4.09. The van der Waals surface area contributed by atoms with Crippen LogP contribution in [0.15, 0.2) is 42.5 Å². The smallest absolute Gasteiger partial charge is 0.173 e. The quantitative estimate of drug-likeness (QED) is 0.594. The summed E-state index contributed by atoms with van der Waals surface area (Å²) in [5.74, 6) is 3.23. The van der Waals surface area contributed by atoms with Crippen LogP contribution in [0.2, 0.25) is 0 Å². The minimum Gasteiger partial charge on any atom is -0.497 e. The largest absolute Gasteiger partial charge is 0.497 e. The molecule has 0 aliphatic carbocycles. The lowest BCUT2D eigenvalue weighted by molar-refractivity contribution is 0.161. The first-order chi connectivity index (χ1) is 14.6. The van der Waals surface area contributed by atoms with Crippen LogP contribution in [0.4, 0.5) is 0 Å². The summed E-state index contributed by atoms with van der Waals surface area (Å²) in [6, 6.07) is 13.9. The molecule has 1 aliphatic heterocycles. The van der Waals surface area contributed by atoms with Crippen LogP contribution in [0.1, 0.15) is 36.8 Å². The maximum absolute atomic E-state index is 5.77. The number of tetrazole rings is 1. The molecule has 0 saturated heterocycles. The second kappa shape index (κ2) is 8.71. The van der Waals surface area contributed by atoms with Crippen molar-refractivity contribution in [2.75, 3.05) is 20.8 Å². The van der Waals surface area contributed by atoms with Gasteiger partial charge in [-0.15, -0.1) is 5.10 Å². The van der Waals surface area contributed by atoms with E-state index < -0.39 is 0 Å². The monoisotopic (exact) mass is 409 g/mol. The summed E-state index contributed by atoms with van der Waals surface area (Å²) in [6.07, 6.45) is 0.154. The molecule has 1 aromatic heterocycles. The predicted molar refractivity (Wildman–Crippen MR) is 112 cm³/mol. The first kappa shape index (κ1) is 20.2. The Morgan fingerprint density at radius 2 is 1.77 bits per heavy atom. The molecular formula is C22H27N5O3. The first-order valence-corrected chi connectivity index (χ1v) is 10.1. The molecule has 2 aromatic carbocycles. The maximum atomic E-state index is 5.77. The number of hydrogen-bond donors (Lipinski definition) is 0. The molecule has 0 N–H and O–H groups in total. The molecule has 0 spiro atoms. The molecule has 0 amide bonds. The summed E-state index contributed by atoms with van der Waals surface area (Å²) < 4.78 is 18.8. The van der Waals surface area contributed by atoms with Crippen molar-refractivity contribution < 1.29 is 14.2 Å². The number of benzene rings is 2. The number of aromatic nitrogens is 4. The second-order valence-electron chi connectivity index (χ2n) is 7.55. The molecule has 1 atom stereocenters. The Hall–Kier alpha value is -3.13.